The number of hydrogen-bond donors (Lipinski definition) is 2. The van der Waals surface area contributed by atoms with E-state index in [1.165, 1.54) is 11.3 Å². The van der Waals surface area contributed by atoms with E-state index < -0.39 is 0 Å². The minimum atomic E-state index is 0.974. The molecule has 5 heteroatoms. The largest absolute Gasteiger partial charge is 0.323 e. The Balaban J connectivity index is 2.45. The van der Waals surface area contributed by atoms with Crippen LogP contribution in [0.4, 0.5) is 5.69 Å². The van der Waals surface area contributed by atoms with Gasteiger partial charge >= 0.3 is 0 Å². The maximum Gasteiger partial charge on any atom is 0.0869 e. The van der Waals surface area contributed by atoms with Crippen molar-refractivity contribution in [1.29, 1.82) is 0 Å². The molecule has 0 aliphatic heterocycles. The Bertz CT molecular complexity index is 610. The molecule has 17 heavy (non-hydrogen) atoms. The van der Waals surface area contributed by atoms with Crippen LogP contribution in [0.1, 0.15) is 17.7 Å². The molecule has 3 nitrogen and oxygen atoms in total. The first-order valence-electron chi connectivity index (χ1n) is 5.48. The lowest BCUT2D eigenvalue weighted by Gasteiger charge is -2.12. The Morgan fingerprint density at radius 2 is 2.06 bits per heavy atom. The van der Waals surface area contributed by atoms with Crippen LogP contribution in [-0.4, -0.2) is 4.98 Å². The van der Waals surface area contributed by atoms with Crippen LogP contribution in [0, 0.1) is 0 Å². The average Bonchev–Trinajstić information content (AvgIpc) is 2.74. The van der Waals surface area contributed by atoms with Crippen LogP contribution in [0.25, 0.3) is 10.9 Å². The van der Waals surface area contributed by atoms with Crippen molar-refractivity contribution in [2.24, 2.45) is 5.84 Å². The molecular weight excluding hydrogens is 346 g/mol. The van der Waals surface area contributed by atoms with Gasteiger partial charge in [0.15, 0.2) is 0 Å². The third-order valence-corrected chi connectivity index (χ3v) is 4.24. The van der Waals surface area contributed by atoms with Crippen LogP contribution in [-0.2, 0) is 12.8 Å². The molecule has 88 valence electrons. The van der Waals surface area contributed by atoms with Crippen molar-refractivity contribution in [3.63, 3.8) is 0 Å². The molecule has 0 saturated carbocycles. The number of hydrazine groups is 1. The topological polar surface area (TPSA) is 50.9 Å². The van der Waals surface area contributed by atoms with Crippen LogP contribution in [0.15, 0.2) is 21.1 Å². The number of pyridine rings is 1. The number of aromatic nitrogens is 1. The summed E-state index contributed by atoms with van der Waals surface area (Å²) in [5.74, 6) is 5.68. The summed E-state index contributed by atoms with van der Waals surface area (Å²) in [4.78, 5) is 4.74. The van der Waals surface area contributed by atoms with E-state index in [9.17, 15) is 0 Å². The molecule has 0 fully saturated rings. The quantitative estimate of drug-likeness (QED) is 0.607. The lowest BCUT2D eigenvalue weighted by atomic mass is 10.1. The highest BCUT2D eigenvalue weighted by molar-refractivity contribution is 9.11. The number of aryl methyl sites for hydroxylation is 1. The molecule has 3 rings (SSSR count). The molecule has 0 amide bonds. The van der Waals surface area contributed by atoms with E-state index >= 15 is 0 Å². The van der Waals surface area contributed by atoms with Gasteiger partial charge in [0.25, 0.3) is 0 Å². The molecule has 1 aliphatic rings. The van der Waals surface area contributed by atoms with Crippen LogP contribution >= 0.6 is 31.9 Å². The zero-order valence-corrected chi connectivity index (χ0v) is 12.2. The molecule has 0 spiro atoms. The average molecular weight is 357 g/mol. The number of nitrogens with zero attached hydrogens (tertiary/aromatic N) is 1. The van der Waals surface area contributed by atoms with Gasteiger partial charge in [-0.05, 0) is 52.9 Å². The fourth-order valence-corrected chi connectivity index (χ4v) is 3.77. The van der Waals surface area contributed by atoms with Crippen LogP contribution in [0.2, 0.25) is 0 Å². The summed E-state index contributed by atoms with van der Waals surface area (Å²) in [7, 11) is 0. The van der Waals surface area contributed by atoms with Crippen LogP contribution in [0.3, 0.4) is 0 Å². The highest BCUT2D eigenvalue weighted by atomic mass is 79.9. The standard InChI is InChI=1S/C12H11Br2N3/c13-6-4-8-11(17-15)7-2-1-3-10(7)16-12(8)9(14)5-6/h4-5H,1-3,15H2,(H,16,17). The van der Waals surface area contributed by atoms with Crippen molar-refractivity contribution in [3.05, 3.63) is 32.3 Å². The number of nitrogen functional groups attached to an aromatic ring is 1. The highest BCUT2D eigenvalue weighted by Gasteiger charge is 2.20. The van der Waals surface area contributed by atoms with Gasteiger partial charge < -0.3 is 5.43 Å². The molecule has 2 aromatic rings. The van der Waals surface area contributed by atoms with Crippen molar-refractivity contribution >= 4 is 48.5 Å². The van der Waals surface area contributed by atoms with E-state index in [0.717, 1.165) is 44.8 Å². The lowest BCUT2D eigenvalue weighted by molar-refractivity contribution is 0.901. The van der Waals surface area contributed by atoms with E-state index in [-0.39, 0.29) is 0 Å². The zero-order chi connectivity index (χ0) is 12.0. The summed E-state index contributed by atoms with van der Waals surface area (Å²) in [6.07, 6.45) is 3.26. The number of anilines is 1. The molecule has 0 radical (unpaired) electrons. The molecule has 3 N–H and O–H groups in total. The Morgan fingerprint density at radius 3 is 2.82 bits per heavy atom. The van der Waals surface area contributed by atoms with Crippen LogP contribution in [0.5, 0.6) is 0 Å². The number of hydrogen-bond acceptors (Lipinski definition) is 3. The number of halogens is 2. The second-order valence-electron chi connectivity index (χ2n) is 4.19. The maximum absolute atomic E-state index is 5.68. The predicted octanol–water partition coefficient (Wildman–Crippen LogP) is 3.53. The van der Waals surface area contributed by atoms with E-state index in [4.69, 9.17) is 10.8 Å². The first kappa shape index (κ1) is 11.4. The zero-order valence-electron chi connectivity index (χ0n) is 9.06. The highest BCUT2D eigenvalue weighted by Crippen LogP contribution is 2.37. The molecule has 1 aromatic carbocycles. The fourth-order valence-electron chi connectivity index (χ4n) is 2.45. The molecule has 0 bridgehead atoms. The summed E-state index contributed by atoms with van der Waals surface area (Å²) in [5.41, 5.74) is 7.28. The first-order chi connectivity index (χ1) is 8.20. The summed E-state index contributed by atoms with van der Waals surface area (Å²) < 4.78 is 2.01. The minimum Gasteiger partial charge on any atom is -0.323 e. The van der Waals surface area contributed by atoms with Gasteiger partial charge in [0, 0.05) is 20.0 Å². The fraction of sp³-hybridized carbons (Fsp3) is 0.250. The van der Waals surface area contributed by atoms with Gasteiger partial charge in [-0.3, -0.25) is 10.8 Å². The number of fused-ring (bicyclic) bond motifs is 2. The van der Waals surface area contributed by atoms with E-state index in [0.29, 0.717) is 0 Å². The number of nitrogens with one attached hydrogen (secondary N) is 1. The second kappa shape index (κ2) is 4.23. The van der Waals surface area contributed by atoms with Crippen molar-refractivity contribution in [2.75, 3.05) is 5.43 Å². The molecule has 0 atom stereocenters. The second-order valence-corrected chi connectivity index (χ2v) is 5.96. The monoisotopic (exact) mass is 355 g/mol. The van der Waals surface area contributed by atoms with Gasteiger partial charge in [0.1, 0.15) is 0 Å². The summed E-state index contributed by atoms with van der Waals surface area (Å²) >= 11 is 7.06. The van der Waals surface area contributed by atoms with Gasteiger partial charge in [-0.1, -0.05) is 15.9 Å². The molecule has 1 aromatic heterocycles. The van der Waals surface area contributed by atoms with E-state index in [1.54, 1.807) is 0 Å². The van der Waals surface area contributed by atoms with Crippen molar-refractivity contribution in [2.45, 2.75) is 19.3 Å². The number of benzene rings is 1. The van der Waals surface area contributed by atoms with Gasteiger partial charge in [-0.15, -0.1) is 0 Å². The summed E-state index contributed by atoms with van der Waals surface area (Å²) in [5, 5.41) is 1.06. The molecular formula is C12H11Br2N3. The van der Waals surface area contributed by atoms with E-state index in [1.807, 2.05) is 6.07 Å². The molecule has 1 heterocycles. The summed E-state index contributed by atoms with van der Waals surface area (Å²) in [6.45, 7) is 0. The third kappa shape index (κ3) is 1.77. The van der Waals surface area contributed by atoms with Gasteiger partial charge in [-0.25, -0.2) is 0 Å². The smallest absolute Gasteiger partial charge is 0.0869 e. The number of rotatable bonds is 1. The van der Waals surface area contributed by atoms with Gasteiger partial charge in [0.2, 0.25) is 0 Å². The third-order valence-electron chi connectivity index (χ3n) is 3.18. The molecule has 0 saturated heterocycles. The van der Waals surface area contributed by atoms with Crippen LogP contribution < -0.4 is 11.3 Å². The van der Waals surface area contributed by atoms with Crippen molar-refractivity contribution in [3.8, 4) is 0 Å². The first-order valence-corrected chi connectivity index (χ1v) is 7.06. The Kier molecular flexibility index (Phi) is 2.84. The minimum absolute atomic E-state index is 0.974. The van der Waals surface area contributed by atoms with Crippen molar-refractivity contribution < 1.29 is 0 Å². The number of nitrogens with two attached hydrogens (primary N) is 1. The van der Waals surface area contributed by atoms with E-state index in [2.05, 4.69) is 43.4 Å². The summed E-state index contributed by atoms with van der Waals surface area (Å²) in [6, 6.07) is 4.07. The molecule has 1 aliphatic carbocycles. The van der Waals surface area contributed by atoms with Crippen molar-refractivity contribution in [1.82, 2.24) is 4.98 Å². The SMILES string of the molecule is NNc1c2c(nc3c(Br)cc(Br)cc13)CCC2. The molecule has 0 unspecified atom stereocenters. The predicted molar refractivity (Wildman–Crippen MR) is 77.0 cm³/mol. The lowest BCUT2D eigenvalue weighted by Crippen LogP contribution is -2.10. The van der Waals surface area contributed by atoms with Gasteiger partial charge in [-0.2, -0.15) is 0 Å². The Labute approximate surface area is 116 Å². The maximum atomic E-state index is 5.68. The Hall–Kier alpha value is -0.650. The van der Waals surface area contributed by atoms with Gasteiger partial charge in [0.05, 0.1) is 11.2 Å². The normalized spacial score (nSPS) is 14.1. The Morgan fingerprint density at radius 1 is 1.24 bits per heavy atom.